The first kappa shape index (κ1) is 10.6. The molecule has 3 heterocycles. The minimum absolute atomic E-state index is 0.658. The lowest BCUT2D eigenvalue weighted by Gasteiger charge is -2.05. The first-order chi connectivity index (χ1) is 8.84. The topological polar surface area (TPSA) is 97.2 Å². The van der Waals surface area contributed by atoms with E-state index >= 15 is 0 Å². The summed E-state index contributed by atoms with van der Waals surface area (Å²) in [5.74, 6) is 1.68. The van der Waals surface area contributed by atoms with Crippen molar-refractivity contribution in [1.29, 1.82) is 0 Å². The van der Waals surface area contributed by atoms with Crippen LogP contribution in [0.1, 0.15) is 5.82 Å². The number of imidazole rings is 1. The summed E-state index contributed by atoms with van der Waals surface area (Å²) < 4.78 is 1.90. The summed E-state index contributed by atoms with van der Waals surface area (Å²) in [7, 11) is 1.92. The zero-order chi connectivity index (χ0) is 12.4. The fraction of sp³-hybridized carbons (Fsp3) is 0.300. The normalized spacial score (nSPS) is 10.9. The first-order valence-corrected chi connectivity index (χ1v) is 5.55. The molecule has 3 rings (SSSR count). The largest absolute Gasteiger partial charge is 0.368 e. The van der Waals surface area contributed by atoms with E-state index in [-0.39, 0.29) is 0 Å². The van der Waals surface area contributed by atoms with Gasteiger partial charge in [0.1, 0.15) is 24.0 Å². The van der Waals surface area contributed by atoms with Crippen molar-refractivity contribution in [3.63, 3.8) is 0 Å². The van der Waals surface area contributed by atoms with Crippen LogP contribution >= 0.6 is 0 Å². The van der Waals surface area contributed by atoms with Crippen LogP contribution in [0.4, 0.5) is 5.82 Å². The SMILES string of the molecule is Cn1cnnc1CCNc1ncnc2nc[nH]c12. The Morgan fingerprint density at radius 1 is 1.33 bits per heavy atom. The molecule has 3 aromatic heterocycles. The van der Waals surface area contributed by atoms with E-state index < -0.39 is 0 Å². The van der Waals surface area contributed by atoms with Crippen LogP contribution in [-0.2, 0) is 13.5 Å². The van der Waals surface area contributed by atoms with Crippen LogP contribution < -0.4 is 5.32 Å². The van der Waals surface area contributed by atoms with Crippen LogP contribution in [0.3, 0.4) is 0 Å². The highest BCUT2D eigenvalue weighted by atomic mass is 15.2. The molecule has 0 spiro atoms. The fourth-order valence-electron chi connectivity index (χ4n) is 1.73. The molecule has 0 aliphatic carbocycles. The molecule has 92 valence electrons. The third-order valence-corrected chi connectivity index (χ3v) is 2.67. The van der Waals surface area contributed by atoms with Crippen LogP contribution in [0, 0.1) is 0 Å². The van der Waals surface area contributed by atoms with E-state index in [1.54, 1.807) is 12.7 Å². The highest BCUT2D eigenvalue weighted by Crippen LogP contribution is 2.13. The quantitative estimate of drug-likeness (QED) is 0.677. The van der Waals surface area contributed by atoms with Crippen molar-refractivity contribution in [2.45, 2.75) is 6.42 Å². The van der Waals surface area contributed by atoms with E-state index in [1.807, 2.05) is 11.6 Å². The van der Waals surface area contributed by atoms with Crippen LogP contribution in [0.5, 0.6) is 0 Å². The molecule has 0 radical (unpaired) electrons. The average Bonchev–Trinajstić information content (AvgIpc) is 2.99. The van der Waals surface area contributed by atoms with Gasteiger partial charge in [-0.05, 0) is 0 Å². The van der Waals surface area contributed by atoms with Crippen molar-refractivity contribution in [2.24, 2.45) is 7.05 Å². The number of anilines is 1. The van der Waals surface area contributed by atoms with E-state index in [1.165, 1.54) is 6.33 Å². The predicted molar refractivity (Wildman–Crippen MR) is 64.9 cm³/mol. The molecule has 0 unspecified atom stereocenters. The molecule has 0 aliphatic heterocycles. The summed E-state index contributed by atoms with van der Waals surface area (Å²) in [5.41, 5.74) is 1.47. The molecule has 0 fully saturated rings. The van der Waals surface area contributed by atoms with Gasteiger partial charge in [-0.3, -0.25) is 0 Å². The monoisotopic (exact) mass is 244 g/mol. The second-order valence-corrected chi connectivity index (χ2v) is 3.86. The van der Waals surface area contributed by atoms with E-state index in [0.717, 1.165) is 30.1 Å². The lowest BCUT2D eigenvalue weighted by molar-refractivity contribution is 0.787. The van der Waals surface area contributed by atoms with Crippen LogP contribution in [0.25, 0.3) is 11.2 Å². The smallest absolute Gasteiger partial charge is 0.182 e. The van der Waals surface area contributed by atoms with Gasteiger partial charge in [0.15, 0.2) is 11.5 Å². The maximum absolute atomic E-state index is 4.18. The Bertz CT molecular complexity index is 655. The number of rotatable bonds is 4. The minimum Gasteiger partial charge on any atom is -0.368 e. The maximum Gasteiger partial charge on any atom is 0.182 e. The Balaban J connectivity index is 1.70. The molecule has 0 aliphatic rings. The van der Waals surface area contributed by atoms with Crippen molar-refractivity contribution in [3.05, 3.63) is 24.8 Å². The third kappa shape index (κ3) is 1.88. The molecule has 0 aromatic carbocycles. The van der Waals surface area contributed by atoms with E-state index in [0.29, 0.717) is 5.65 Å². The standard InChI is InChI=1S/C10H12N8/c1-18-6-16-17-7(18)2-3-11-9-8-10(13-4-12-8)15-5-14-9/h4-6H,2-3H2,1H3,(H2,11,12,13,14,15). The summed E-state index contributed by atoms with van der Waals surface area (Å²) in [4.78, 5) is 15.3. The summed E-state index contributed by atoms with van der Waals surface area (Å²) in [5, 5.41) is 11.1. The number of aromatic amines is 1. The number of nitrogens with zero attached hydrogens (tertiary/aromatic N) is 6. The summed E-state index contributed by atoms with van der Waals surface area (Å²) in [6, 6.07) is 0. The van der Waals surface area contributed by atoms with Crippen LogP contribution in [-0.4, -0.2) is 41.2 Å². The van der Waals surface area contributed by atoms with E-state index in [9.17, 15) is 0 Å². The Kier molecular flexibility index (Phi) is 2.60. The molecule has 0 saturated heterocycles. The van der Waals surface area contributed by atoms with Gasteiger partial charge < -0.3 is 14.9 Å². The van der Waals surface area contributed by atoms with Crippen LogP contribution in [0.15, 0.2) is 19.0 Å². The Morgan fingerprint density at radius 3 is 3.11 bits per heavy atom. The van der Waals surface area contributed by atoms with Crippen LogP contribution in [0.2, 0.25) is 0 Å². The van der Waals surface area contributed by atoms with Crippen molar-refractivity contribution in [3.8, 4) is 0 Å². The van der Waals surface area contributed by atoms with Gasteiger partial charge in [0.2, 0.25) is 0 Å². The van der Waals surface area contributed by atoms with Gasteiger partial charge in [0.25, 0.3) is 0 Å². The Hall–Kier alpha value is -2.51. The van der Waals surface area contributed by atoms with Crippen molar-refractivity contribution in [2.75, 3.05) is 11.9 Å². The number of fused-ring (bicyclic) bond motifs is 1. The number of nitrogens with one attached hydrogen (secondary N) is 2. The summed E-state index contributed by atoms with van der Waals surface area (Å²) in [6.45, 7) is 0.720. The first-order valence-electron chi connectivity index (χ1n) is 5.55. The zero-order valence-corrected chi connectivity index (χ0v) is 9.83. The second-order valence-electron chi connectivity index (χ2n) is 3.86. The predicted octanol–water partition coefficient (Wildman–Crippen LogP) is 0.136. The number of H-pyrrole nitrogens is 1. The molecule has 0 atom stereocenters. The molecule has 0 bridgehead atoms. The molecule has 18 heavy (non-hydrogen) atoms. The number of hydrogen-bond acceptors (Lipinski definition) is 6. The van der Waals surface area contributed by atoms with Gasteiger partial charge in [-0.2, -0.15) is 0 Å². The number of hydrogen-bond donors (Lipinski definition) is 2. The van der Waals surface area contributed by atoms with E-state index in [2.05, 4.69) is 35.5 Å². The number of aromatic nitrogens is 7. The highest BCUT2D eigenvalue weighted by molar-refractivity contribution is 5.81. The lowest BCUT2D eigenvalue weighted by Crippen LogP contribution is -2.10. The molecular formula is C10H12N8. The Morgan fingerprint density at radius 2 is 2.28 bits per heavy atom. The van der Waals surface area contributed by atoms with Gasteiger partial charge in [0.05, 0.1) is 6.33 Å². The summed E-state index contributed by atoms with van der Waals surface area (Å²) >= 11 is 0. The van der Waals surface area contributed by atoms with Gasteiger partial charge in [-0.25, -0.2) is 15.0 Å². The molecule has 3 aromatic rings. The average molecular weight is 244 g/mol. The zero-order valence-electron chi connectivity index (χ0n) is 9.83. The van der Waals surface area contributed by atoms with Crippen molar-refractivity contribution >= 4 is 17.0 Å². The van der Waals surface area contributed by atoms with Crippen molar-refractivity contribution < 1.29 is 0 Å². The highest BCUT2D eigenvalue weighted by Gasteiger charge is 2.05. The molecular weight excluding hydrogens is 232 g/mol. The molecule has 2 N–H and O–H groups in total. The molecule has 8 heteroatoms. The van der Waals surface area contributed by atoms with Gasteiger partial charge in [-0.1, -0.05) is 0 Å². The number of aryl methyl sites for hydroxylation is 1. The van der Waals surface area contributed by atoms with Gasteiger partial charge in [0, 0.05) is 20.0 Å². The van der Waals surface area contributed by atoms with Crippen molar-refractivity contribution in [1.82, 2.24) is 34.7 Å². The van der Waals surface area contributed by atoms with Gasteiger partial charge >= 0.3 is 0 Å². The molecule has 0 saturated carbocycles. The minimum atomic E-state index is 0.658. The third-order valence-electron chi connectivity index (χ3n) is 2.67. The Labute approximate surface area is 103 Å². The lowest BCUT2D eigenvalue weighted by atomic mass is 10.4. The fourth-order valence-corrected chi connectivity index (χ4v) is 1.73. The van der Waals surface area contributed by atoms with E-state index in [4.69, 9.17) is 0 Å². The van der Waals surface area contributed by atoms with Gasteiger partial charge in [-0.15, -0.1) is 10.2 Å². The maximum atomic E-state index is 4.18. The molecule has 8 nitrogen and oxygen atoms in total. The molecule has 0 amide bonds. The second kappa shape index (κ2) is 4.40. The summed E-state index contributed by atoms with van der Waals surface area (Å²) in [6.07, 6.45) is 5.56.